The molecule has 0 fully saturated rings. The Morgan fingerprint density at radius 3 is 2.57 bits per heavy atom. The summed E-state index contributed by atoms with van der Waals surface area (Å²) in [4.78, 5) is 3.93. The number of pyridine rings is 1. The van der Waals surface area contributed by atoms with E-state index in [0.717, 1.165) is 6.07 Å². The van der Waals surface area contributed by atoms with Gasteiger partial charge in [-0.1, -0.05) is 6.07 Å². The molecule has 0 atom stereocenters. The minimum absolute atomic E-state index is 0.226. The van der Waals surface area contributed by atoms with Crippen LogP contribution in [0.1, 0.15) is 5.56 Å². The third-order valence-corrected chi connectivity index (χ3v) is 2.64. The molecule has 0 saturated carbocycles. The molecule has 0 radical (unpaired) electrons. The zero-order valence-electron chi connectivity index (χ0n) is 10.8. The molecule has 2 rings (SSSR count). The number of hydrogen-bond donors (Lipinski definition) is 0. The highest BCUT2D eigenvalue weighted by Gasteiger charge is 2.32. The summed E-state index contributed by atoms with van der Waals surface area (Å²) in [5.41, 5.74) is 0.844. The van der Waals surface area contributed by atoms with E-state index in [0.29, 0.717) is 16.9 Å². The molecule has 4 nitrogen and oxygen atoms in total. The SMILES string of the molecule is COc1ccncc1-c1ccc(OC(F)(F)F)c(C#N)c1. The highest BCUT2D eigenvalue weighted by atomic mass is 19.4. The number of alkyl halides is 3. The Balaban J connectivity index is 2.47. The van der Waals surface area contributed by atoms with Crippen LogP contribution < -0.4 is 9.47 Å². The number of nitrogens with zero attached hydrogens (tertiary/aromatic N) is 2. The van der Waals surface area contributed by atoms with Crippen LogP contribution in [-0.2, 0) is 0 Å². The van der Waals surface area contributed by atoms with Crippen LogP contribution >= 0.6 is 0 Å². The highest BCUT2D eigenvalue weighted by Crippen LogP contribution is 2.33. The Morgan fingerprint density at radius 2 is 1.95 bits per heavy atom. The third kappa shape index (κ3) is 3.42. The molecule has 0 aliphatic rings. The average Bonchev–Trinajstić information content (AvgIpc) is 2.46. The van der Waals surface area contributed by atoms with Crippen molar-refractivity contribution in [3.63, 3.8) is 0 Å². The van der Waals surface area contributed by atoms with Gasteiger partial charge in [-0.05, 0) is 23.8 Å². The van der Waals surface area contributed by atoms with Crippen molar-refractivity contribution in [2.45, 2.75) is 6.36 Å². The lowest BCUT2D eigenvalue weighted by molar-refractivity contribution is -0.274. The molecule has 1 heterocycles. The van der Waals surface area contributed by atoms with E-state index in [1.54, 1.807) is 12.1 Å². The van der Waals surface area contributed by atoms with E-state index in [1.807, 2.05) is 0 Å². The van der Waals surface area contributed by atoms with E-state index in [-0.39, 0.29) is 5.56 Å². The van der Waals surface area contributed by atoms with Crippen LogP contribution in [0.3, 0.4) is 0 Å². The second-order valence-corrected chi connectivity index (χ2v) is 3.95. The predicted octanol–water partition coefficient (Wildman–Crippen LogP) is 3.53. The molecule has 0 spiro atoms. The van der Waals surface area contributed by atoms with Crippen LogP contribution in [0.5, 0.6) is 11.5 Å². The van der Waals surface area contributed by atoms with Crippen LogP contribution in [0, 0.1) is 11.3 Å². The van der Waals surface area contributed by atoms with Gasteiger partial charge in [0, 0.05) is 18.0 Å². The van der Waals surface area contributed by atoms with Gasteiger partial charge in [0.2, 0.25) is 0 Å². The van der Waals surface area contributed by atoms with Crippen molar-refractivity contribution in [3.05, 3.63) is 42.2 Å². The van der Waals surface area contributed by atoms with Gasteiger partial charge in [-0.15, -0.1) is 13.2 Å². The van der Waals surface area contributed by atoms with E-state index in [4.69, 9.17) is 10.00 Å². The van der Waals surface area contributed by atoms with Crippen molar-refractivity contribution in [2.24, 2.45) is 0 Å². The molecule has 1 aromatic heterocycles. The first kappa shape index (κ1) is 14.7. The van der Waals surface area contributed by atoms with E-state index < -0.39 is 12.1 Å². The van der Waals surface area contributed by atoms with E-state index in [2.05, 4.69) is 9.72 Å². The van der Waals surface area contributed by atoms with Gasteiger partial charge in [0.25, 0.3) is 0 Å². The normalized spacial score (nSPS) is 10.8. The largest absolute Gasteiger partial charge is 0.573 e. The molecule has 0 N–H and O–H groups in total. The van der Waals surface area contributed by atoms with Gasteiger partial charge in [0.15, 0.2) is 0 Å². The summed E-state index contributed by atoms with van der Waals surface area (Å²) in [5, 5.41) is 8.97. The number of ether oxygens (including phenoxy) is 2. The van der Waals surface area contributed by atoms with Crippen LogP contribution in [0.2, 0.25) is 0 Å². The smallest absolute Gasteiger partial charge is 0.496 e. The Labute approximate surface area is 118 Å². The molecule has 1 aromatic carbocycles. The van der Waals surface area contributed by atoms with Gasteiger partial charge in [-0.2, -0.15) is 5.26 Å². The van der Waals surface area contributed by atoms with Gasteiger partial charge in [0.1, 0.15) is 17.6 Å². The lowest BCUT2D eigenvalue weighted by Crippen LogP contribution is -2.17. The zero-order valence-corrected chi connectivity index (χ0v) is 10.8. The molecule has 0 amide bonds. The Kier molecular flexibility index (Phi) is 3.98. The molecule has 0 saturated heterocycles. The second kappa shape index (κ2) is 5.71. The molecule has 108 valence electrons. The van der Waals surface area contributed by atoms with Crippen molar-refractivity contribution in [3.8, 4) is 28.7 Å². The van der Waals surface area contributed by atoms with E-state index in [9.17, 15) is 13.2 Å². The summed E-state index contributed by atoms with van der Waals surface area (Å²) < 4.78 is 45.7. The van der Waals surface area contributed by atoms with Crippen molar-refractivity contribution < 1.29 is 22.6 Å². The standard InChI is InChI=1S/C14H9F3N2O2/c1-20-13-4-5-19-8-11(13)9-2-3-12(10(6-9)7-18)21-14(15,16)17/h2-6,8H,1H3. The topological polar surface area (TPSA) is 55.1 Å². The number of rotatable bonds is 3. The van der Waals surface area contributed by atoms with Crippen molar-refractivity contribution in [1.29, 1.82) is 5.26 Å². The number of benzene rings is 1. The molecule has 0 aliphatic heterocycles. The van der Waals surface area contributed by atoms with Gasteiger partial charge in [0.05, 0.1) is 12.7 Å². The number of aromatic nitrogens is 1. The number of methoxy groups -OCH3 is 1. The quantitative estimate of drug-likeness (QED) is 0.869. The molecule has 7 heteroatoms. The third-order valence-electron chi connectivity index (χ3n) is 2.64. The fourth-order valence-electron chi connectivity index (χ4n) is 1.78. The molecular formula is C14H9F3N2O2. The van der Waals surface area contributed by atoms with E-state index in [1.165, 1.54) is 31.6 Å². The maximum absolute atomic E-state index is 12.2. The first-order valence-corrected chi connectivity index (χ1v) is 5.73. The lowest BCUT2D eigenvalue weighted by Gasteiger charge is -2.12. The monoisotopic (exact) mass is 294 g/mol. The predicted molar refractivity (Wildman–Crippen MR) is 67.6 cm³/mol. The van der Waals surface area contributed by atoms with Crippen LogP contribution in [0.4, 0.5) is 13.2 Å². The summed E-state index contributed by atoms with van der Waals surface area (Å²) in [6.07, 6.45) is -1.83. The lowest BCUT2D eigenvalue weighted by atomic mass is 10.0. The van der Waals surface area contributed by atoms with Crippen LogP contribution in [-0.4, -0.2) is 18.5 Å². The first-order valence-electron chi connectivity index (χ1n) is 5.73. The Hall–Kier alpha value is -2.75. The minimum Gasteiger partial charge on any atom is -0.496 e. The maximum atomic E-state index is 12.2. The Bertz CT molecular complexity index is 693. The maximum Gasteiger partial charge on any atom is 0.573 e. The van der Waals surface area contributed by atoms with Crippen LogP contribution in [0.15, 0.2) is 36.7 Å². The zero-order chi connectivity index (χ0) is 15.5. The van der Waals surface area contributed by atoms with Gasteiger partial charge < -0.3 is 9.47 Å². The summed E-state index contributed by atoms with van der Waals surface area (Å²) in [6, 6.07) is 7.08. The molecule has 0 aliphatic carbocycles. The average molecular weight is 294 g/mol. The molecule has 2 aromatic rings. The fraction of sp³-hybridized carbons (Fsp3) is 0.143. The molecular weight excluding hydrogens is 285 g/mol. The highest BCUT2D eigenvalue weighted by molar-refractivity contribution is 5.72. The summed E-state index contributed by atoms with van der Waals surface area (Å²) in [7, 11) is 1.46. The number of nitriles is 1. The van der Waals surface area contributed by atoms with Crippen molar-refractivity contribution in [1.82, 2.24) is 4.98 Å². The van der Waals surface area contributed by atoms with Crippen molar-refractivity contribution >= 4 is 0 Å². The van der Waals surface area contributed by atoms with Gasteiger partial charge in [-0.25, -0.2) is 0 Å². The number of halogens is 3. The summed E-state index contributed by atoms with van der Waals surface area (Å²) >= 11 is 0. The van der Waals surface area contributed by atoms with Crippen molar-refractivity contribution in [2.75, 3.05) is 7.11 Å². The molecule has 21 heavy (non-hydrogen) atoms. The number of hydrogen-bond acceptors (Lipinski definition) is 4. The summed E-state index contributed by atoms with van der Waals surface area (Å²) in [6.45, 7) is 0. The minimum atomic E-state index is -4.85. The first-order chi connectivity index (χ1) is 9.94. The van der Waals surface area contributed by atoms with Crippen LogP contribution in [0.25, 0.3) is 11.1 Å². The van der Waals surface area contributed by atoms with Gasteiger partial charge >= 0.3 is 6.36 Å². The molecule has 0 bridgehead atoms. The Morgan fingerprint density at radius 1 is 1.19 bits per heavy atom. The second-order valence-electron chi connectivity index (χ2n) is 3.95. The fourth-order valence-corrected chi connectivity index (χ4v) is 1.78. The van der Waals surface area contributed by atoms with E-state index >= 15 is 0 Å². The van der Waals surface area contributed by atoms with Gasteiger partial charge in [-0.3, -0.25) is 4.98 Å². The molecule has 0 unspecified atom stereocenters. The summed E-state index contributed by atoms with van der Waals surface area (Å²) in [5.74, 6) is -0.0463.